The first kappa shape index (κ1) is 24.4. The van der Waals surface area contributed by atoms with Gasteiger partial charge in [-0.2, -0.15) is 4.31 Å². The van der Waals surface area contributed by atoms with E-state index < -0.39 is 33.9 Å². The van der Waals surface area contributed by atoms with Crippen molar-refractivity contribution in [1.29, 1.82) is 0 Å². The molecule has 4 N–H and O–H groups in total. The number of carbonyl (C=O) groups is 3. The van der Waals surface area contributed by atoms with Gasteiger partial charge in [0.2, 0.25) is 21.8 Å². The zero-order valence-electron chi connectivity index (χ0n) is 19.0. The first-order valence-electron chi connectivity index (χ1n) is 11.0. The fraction of sp³-hybridized carbons (Fsp3) is 0.304. The maximum Gasteiger partial charge on any atom is 0.255 e. The molecule has 3 amide bonds. The van der Waals surface area contributed by atoms with Crippen LogP contribution in [-0.4, -0.2) is 83.3 Å². The van der Waals surface area contributed by atoms with Crippen LogP contribution >= 0.6 is 0 Å². The summed E-state index contributed by atoms with van der Waals surface area (Å²) in [6.07, 6.45) is 4.04. The van der Waals surface area contributed by atoms with E-state index in [2.05, 4.69) is 15.3 Å². The molecule has 1 aromatic carbocycles. The third kappa shape index (κ3) is 5.49. The zero-order chi connectivity index (χ0) is 25.2. The number of H-pyrrole nitrogens is 1. The summed E-state index contributed by atoms with van der Waals surface area (Å²) in [6, 6.07) is 10.3. The van der Waals surface area contributed by atoms with Crippen molar-refractivity contribution in [3.8, 4) is 0 Å². The molecule has 0 aliphatic carbocycles. The molecule has 1 aliphatic heterocycles. The summed E-state index contributed by atoms with van der Waals surface area (Å²) in [5, 5.41) is 3.53. The van der Waals surface area contributed by atoms with E-state index in [0.29, 0.717) is 11.3 Å². The molecule has 0 saturated carbocycles. The zero-order valence-corrected chi connectivity index (χ0v) is 19.9. The number of nitrogens with one attached hydrogen (secondary N) is 2. The molecule has 3 heterocycles. The highest BCUT2D eigenvalue weighted by Crippen LogP contribution is 2.18. The van der Waals surface area contributed by atoms with Crippen LogP contribution in [0.25, 0.3) is 10.9 Å². The van der Waals surface area contributed by atoms with Gasteiger partial charge in [-0.05, 0) is 29.7 Å². The van der Waals surface area contributed by atoms with Crippen molar-refractivity contribution in [3.63, 3.8) is 0 Å². The van der Waals surface area contributed by atoms with Crippen molar-refractivity contribution in [1.82, 2.24) is 24.5 Å². The normalized spacial score (nSPS) is 17.7. The van der Waals surface area contributed by atoms with Crippen LogP contribution in [0.3, 0.4) is 0 Å². The first-order valence-corrected chi connectivity index (χ1v) is 12.8. The van der Waals surface area contributed by atoms with Crippen LogP contribution in [-0.2, 0) is 26.0 Å². The Hall–Kier alpha value is -3.77. The number of carbonyl (C=O) groups excluding carboxylic acids is 3. The maximum absolute atomic E-state index is 13.3. The number of amides is 3. The second-order valence-corrected chi connectivity index (χ2v) is 10.4. The van der Waals surface area contributed by atoms with Gasteiger partial charge in [0, 0.05) is 49.7 Å². The van der Waals surface area contributed by atoms with E-state index in [4.69, 9.17) is 5.73 Å². The summed E-state index contributed by atoms with van der Waals surface area (Å²) < 4.78 is 25.8. The van der Waals surface area contributed by atoms with E-state index in [1.165, 1.54) is 17.3 Å². The van der Waals surface area contributed by atoms with E-state index in [9.17, 15) is 22.8 Å². The molecule has 1 aliphatic rings. The van der Waals surface area contributed by atoms with E-state index in [-0.39, 0.29) is 32.0 Å². The lowest BCUT2D eigenvalue weighted by Gasteiger charge is -2.39. The summed E-state index contributed by atoms with van der Waals surface area (Å²) >= 11 is 0. The Labute approximate surface area is 202 Å². The Morgan fingerprint density at radius 1 is 1.20 bits per heavy atom. The van der Waals surface area contributed by atoms with E-state index in [1.807, 2.05) is 30.3 Å². The fourth-order valence-corrected chi connectivity index (χ4v) is 5.23. The van der Waals surface area contributed by atoms with Gasteiger partial charge in [0.25, 0.3) is 5.91 Å². The van der Waals surface area contributed by atoms with E-state index >= 15 is 0 Å². The standard InChI is InChI=1S/C23H26N6O5S/c1-35(33,34)29-10-9-28(23(32)16-6-4-8-25-13-16)14-20(29)22(31)27-19(21(24)30)12-17-11-15-5-2-3-7-18(15)26-17/h2-8,11,13,19-20,26H,9-10,12,14H2,1H3,(H2,24,30)(H,27,31)/t19-,20+/m1/s1. The van der Waals surface area contributed by atoms with Crippen LogP contribution in [0.15, 0.2) is 54.9 Å². The number of aromatic amines is 1. The number of pyridine rings is 1. The minimum Gasteiger partial charge on any atom is -0.368 e. The van der Waals surface area contributed by atoms with Gasteiger partial charge in [0.1, 0.15) is 12.1 Å². The summed E-state index contributed by atoms with van der Waals surface area (Å²) in [5.74, 6) is -1.84. The number of fused-ring (bicyclic) bond motifs is 1. The smallest absolute Gasteiger partial charge is 0.255 e. The average Bonchev–Trinajstić information content (AvgIpc) is 3.25. The number of para-hydroxylation sites is 1. The lowest BCUT2D eigenvalue weighted by molar-refractivity contribution is -0.130. The predicted molar refractivity (Wildman–Crippen MR) is 129 cm³/mol. The molecule has 1 saturated heterocycles. The minimum absolute atomic E-state index is 0.0633. The van der Waals surface area contributed by atoms with Crippen LogP contribution in [0.5, 0.6) is 0 Å². The van der Waals surface area contributed by atoms with Crippen molar-refractivity contribution in [3.05, 3.63) is 66.1 Å². The largest absolute Gasteiger partial charge is 0.368 e. The third-order valence-electron chi connectivity index (χ3n) is 5.93. The Kier molecular flexibility index (Phi) is 6.85. The van der Waals surface area contributed by atoms with Gasteiger partial charge in [-0.3, -0.25) is 19.4 Å². The van der Waals surface area contributed by atoms with Gasteiger partial charge in [-0.1, -0.05) is 18.2 Å². The molecule has 2 aromatic heterocycles. The molecule has 0 bridgehead atoms. The van der Waals surface area contributed by atoms with E-state index in [1.54, 1.807) is 12.1 Å². The van der Waals surface area contributed by atoms with Gasteiger partial charge in [0.15, 0.2) is 0 Å². The van der Waals surface area contributed by atoms with E-state index in [0.717, 1.165) is 21.5 Å². The van der Waals surface area contributed by atoms with Crippen LogP contribution in [0.1, 0.15) is 16.1 Å². The molecule has 1 fully saturated rings. The molecular weight excluding hydrogens is 472 g/mol. The number of aromatic nitrogens is 2. The van der Waals surface area contributed by atoms with Crippen molar-refractivity contribution in [2.45, 2.75) is 18.5 Å². The van der Waals surface area contributed by atoms with Crippen molar-refractivity contribution >= 4 is 38.6 Å². The molecule has 11 nitrogen and oxygen atoms in total. The monoisotopic (exact) mass is 498 g/mol. The van der Waals surface area contributed by atoms with Gasteiger partial charge < -0.3 is 20.9 Å². The summed E-state index contributed by atoms with van der Waals surface area (Å²) in [4.78, 5) is 46.8. The molecule has 184 valence electrons. The predicted octanol–water partition coefficient (Wildman–Crippen LogP) is -0.138. The highest BCUT2D eigenvalue weighted by molar-refractivity contribution is 7.88. The molecule has 3 aromatic rings. The number of benzene rings is 1. The van der Waals surface area contributed by atoms with Gasteiger partial charge in [-0.25, -0.2) is 8.42 Å². The van der Waals surface area contributed by atoms with Crippen LogP contribution in [0, 0.1) is 0 Å². The van der Waals surface area contributed by atoms with Crippen LogP contribution in [0.4, 0.5) is 0 Å². The van der Waals surface area contributed by atoms with Gasteiger partial charge in [0.05, 0.1) is 11.8 Å². The molecule has 0 unspecified atom stereocenters. The van der Waals surface area contributed by atoms with Gasteiger partial charge in [-0.15, -0.1) is 0 Å². The molecule has 4 rings (SSSR count). The van der Waals surface area contributed by atoms with Crippen molar-refractivity contribution in [2.24, 2.45) is 5.73 Å². The molecule has 35 heavy (non-hydrogen) atoms. The summed E-state index contributed by atoms with van der Waals surface area (Å²) in [7, 11) is -3.77. The number of hydrogen-bond donors (Lipinski definition) is 3. The van der Waals surface area contributed by atoms with Gasteiger partial charge >= 0.3 is 0 Å². The third-order valence-corrected chi connectivity index (χ3v) is 7.21. The quantitative estimate of drug-likeness (QED) is 0.411. The highest BCUT2D eigenvalue weighted by atomic mass is 32.2. The number of nitrogens with two attached hydrogens (primary N) is 1. The fourth-order valence-electron chi connectivity index (χ4n) is 4.19. The molecular formula is C23H26N6O5S. The number of rotatable bonds is 7. The molecule has 12 heteroatoms. The Morgan fingerprint density at radius 3 is 2.63 bits per heavy atom. The topological polar surface area (TPSA) is 159 Å². The molecule has 2 atom stereocenters. The van der Waals surface area contributed by atoms with Crippen LogP contribution in [0.2, 0.25) is 0 Å². The maximum atomic E-state index is 13.3. The SMILES string of the molecule is CS(=O)(=O)N1CCN(C(=O)c2cccnc2)C[C@H]1C(=O)N[C@H](Cc1cc2ccccc2[nH]1)C(N)=O. The Balaban J connectivity index is 1.53. The number of hydrogen-bond acceptors (Lipinski definition) is 6. The number of nitrogens with zero attached hydrogens (tertiary/aromatic N) is 3. The minimum atomic E-state index is -3.77. The second-order valence-electron chi connectivity index (χ2n) is 8.43. The Morgan fingerprint density at radius 2 is 1.97 bits per heavy atom. The second kappa shape index (κ2) is 9.84. The first-order chi connectivity index (χ1) is 16.6. The summed E-state index contributed by atoms with van der Waals surface area (Å²) in [6.45, 7) is -0.129. The van der Waals surface area contributed by atoms with Crippen molar-refractivity contribution in [2.75, 3.05) is 25.9 Å². The molecule has 0 spiro atoms. The Bertz CT molecular complexity index is 1320. The lowest BCUT2D eigenvalue weighted by Crippen LogP contribution is -2.63. The highest BCUT2D eigenvalue weighted by Gasteiger charge is 2.40. The summed E-state index contributed by atoms with van der Waals surface area (Å²) in [5.41, 5.74) is 7.44. The van der Waals surface area contributed by atoms with Crippen molar-refractivity contribution < 1.29 is 22.8 Å². The van der Waals surface area contributed by atoms with Crippen LogP contribution < -0.4 is 11.1 Å². The molecule has 0 radical (unpaired) electrons. The lowest BCUT2D eigenvalue weighted by atomic mass is 10.1. The average molecular weight is 499 g/mol. The number of sulfonamides is 1. The number of primary amides is 1. The number of piperazine rings is 1.